The van der Waals surface area contributed by atoms with Crippen LogP contribution in [0.5, 0.6) is 0 Å². The van der Waals surface area contributed by atoms with Crippen LogP contribution in [-0.4, -0.2) is 12.2 Å². The Kier molecular flexibility index (Phi) is 11.0. The molecule has 0 aliphatic heterocycles. The van der Waals surface area contributed by atoms with E-state index in [1.807, 2.05) is 0 Å². The van der Waals surface area contributed by atoms with Crippen molar-refractivity contribution in [2.75, 3.05) is 0 Å². The van der Waals surface area contributed by atoms with Gasteiger partial charge in [-0.3, -0.25) is 9.59 Å². The summed E-state index contributed by atoms with van der Waals surface area (Å²) < 4.78 is 0. The zero-order valence-electron chi connectivity index (χ0n) is 11.0. The second-order valence-corrected chi connectivity index (χ2v) is 4.69. The number of rotatable bonds is 12. The van der Waals surface area contributed by atoms with Gasteiger partial charge in [0.25, 0.3) is 0 Å². The highest BCUT2D eigenvalue weighted by atomic mass is 16.2. The summed E-state index contributed by atoms with van der Waals surface area (Å²) in [5.41, 5.74) is 5.05. The number of primary amides is 1. The van der Waals surface area contributed by atoms with Gasteiger partial charge in [0.1, 0.15) is 5.92 Å². The van der Waals surface area contributed by atoms with Crippen LogP contribution in [-0.2, 0) is 9.59 Å². The molecule has 0 heterocycles. The summed E-state index contributed by atoms with van der Waals surface area (Å²) in [6.07, 6.45) is 13.3. The first-order chi connectivity index (χ1) is 8.22. The van der Waals surface area contributed by atoms with Gasteiger partial charge < -0.3 is 5.73 Å². The minimum absolute atomic E-state index is 0.542. The molecule has 3 nitrogen and oxygen atoms in total. The maximum absolute atomic E-state index is 10.8. The highest BCUT2D eigenvalue weighted by molar-refractivity contribution is 5.90. The van der Waals surface area contributed by atoms with Crippen molar-refractivity contribution in [2.45, 2.75) is 71.1 Å². The Morgan fingerprint density at radius 3 is 1.88 bits per heavy atom. The van der Waals surface area contributed by atoms with Crippen LogP contribution in [0.25, 0.3) is 0 Å². The molecule has 0 rings (SSSR count). The summed E-state index contributed by atoms with van der Waals surface area (Å²) in [6, 6.07) is 0. The molecule has 0 aliphatic carbocycles. The van der Waals surface area contributed by atoms with E-state index in [1.165, 1.54) is 44.9 Å². The Morgan fingerprint density at radius 2 is 1.47 bits per heavy atom. The molecule has 1 atom stereocenters. The van der Waals surface area contributed by atoms with Crippen LogP contribution in [0.2, 0.25) is 0 Å². The fourth-order valence-corrected chi connectivity index (χ4v) is 1.92. The van der Waals surface area contributed by atoms with Crippen LogP contribution >= 0.6 is 0 Å². The smallest absolute Gasteiger partial charge is 0.228 e. The second-order valence-electron chi connectivity index (χ2n) is 4.69. The Morgan fingerprint density at radius 1 is 1.00 bits per heavy atom. The first kappa shape index (κ1) is 16.1. The molecule has 0 saturated carbocycles. The van der Waals surface area contributed by atoms with Crippen LogP contribution in [0, 0.1) is 5.92 Å². The molecule has 2 N–H and O–H groups in total. The van der Waals surface area contributed by atoms with E-state index in [4.69, 9.17) is 5.73 Å². The number of nitrogens with two attached hydrogens (primary N) is 1. The van der Waals surface area contributed by atoms with Gasteiger partial charge >= 0.3 is 0 Å². The Hall–Kier alpha value is -0.860. The van der Waals surface area contributed by atoms with Gasteiger partial charge in [0.15, 0.2) is 0 Å². The SMILES string of the molecule is CCCCCCCCCCCC([C]=O)C(N)=O. The Labute approximate surface area is 105 Å². The van der Waals surface area contributed by atoms with Crippen LogP contribution < -0.4 is 5.73 Å². The summed E-state index contributed by atoms with van der Waals surface area (Å²) in [5, 5.41) is 0. The minimum atomic E-state index is -0.695. The number of amides is 1. The van der Waals surface area contributed by atoms with E-state index in [9.17, 15) is 9.59 Å². The molecule has 1 radical (unpaired) electrons. The summed E-state index contributed by atoms with van der Waals surface area (Å²) in [7, 11) is 0. The lowest BCUT2D eigenvalue weighted by Crippen LogP contribution is -2.24. The predicted molar refractivity (Wildman–Crippen MR) is 70.2 cm³/mol. The number of unbranched alkanes of at least 4 members (excludes halogenated alkanes) is 8. The molecule has 3 heteroatoms. The summed E-state index contributed by atoms with van der Waals surface area (Å²) in [5.74, 6) is -1.24. The Balaban J connectivity index is 3.23. The maximum atomic E-state index is 10.8. The monoisotopic (exact) mass is 240 g/mol. The molecule has 0 spiro atoms. The molecular formula is C14H26NO2. The first-order valence-corrected chi connectivity index (χ1v) is 6.89. The second kappa shape index (κ2) is 11.6. The van der Waals surface area contributed by atoms with Crippen molar-refractivity contribution < 1.29 is 9.59 Å². The van der Waals surface area contributed by atoms with E-state index in [0.29, 0.717) is 6.42 Å². The number of hydrogen-bond donors (Lipinski definition) is 1. The van der Waals surface area contributed by atoms with Gasteiger partial charge in [-0.1, -0.05) is 64.7 Å². The average Bonchev–Trinajstić information content (AvgIpc) is 2.31. The summed E-state index contributed by atoms with van der Waals surface area (Å²) >= 11 is 0. The lowest BCUT2D eigenvalue weighted by Gasteiger charge is -2.05. The molecule has 1 unspecified atom stereocenters. The van der Waals surface area contributed by atoms with Crippen molar-refractivity contribution in [3.05, 3.63) is 0 Å². The maximum Gasteiger partial charge on any atom is 0.228 e. The first-order valence-electron chi connectivity index (χ1n) is 6.89. The van der Waals surface area contributed by atoms with Gasteiger partial charge in [-0.2, -0.15) is 0 Å². The standard InChI is InChI=1S/C14H26NO2/c1-2-3-4-5-6-7-8-9-10-11-13(12-16)14(15)17/h13H,2-11H2,1H3,(H2,15,17). The molecule has 0 aromatic rings. The van der Waals surface area contributed by atoms with Gasteiger partial charge in [-0.25, -0.2) is 0 Å². The van der Waals surface area contributed by atoms with Crippen LogP contribution in [0.4, 0.5) is 0 Å². The van der Waals surface area contributed by atoms with Crippen molar-refractivity contribution >= 4 is 12.2 Å². The van der Waals surface area contributed by atoms with Crippen molar-refractivity contribution in [1.82, 2.24) is 0 Å². The fourth-order valence-electron chi connectivity index (χ4n) is 1.92. The van der Waals surface area contributed by atoms with Gasteiger partial charge in [-0.15, -0.1) is 0 Å². The molecular weight excluding hydrogens is 214 g/mol. The van der Waals surface area contributed by atoms with Gasteiger partial charge in [0.05, 0.1) is 0 Å². The summed E-state index contributed by atoms with van der Waals surface area (Å²) in [4.78, 5) is 21.1. The molecule has 1 amide bonds. The van der Waals surface area contributed by atoms with E-state index in [2.05, 4.69) is 6.92 Å². The van der Waals surface area contributed by atoms with Crippen LogP contribution in [0.1, 0.15) is 71.1 Å². The lowest BCUT2D eigenvalue weighted by molar-refractivity contribution is -0.120. The van der Waals surface area contributed by atoms with Crippen molar-refractivity contribution in [3.63, 3.8) is 0 Å². The number of carbonyl (C=O) groups excluding carboxylic acids is 2. The molecule has 0 bridgehead atoms. The van der Waals surface area contributed by atoms with Gasteiger partial charge in [0.2, 0.25) is 12.2 Å². The number of carbonyl (C=O) groups is 1. The zero-order valence-corrected chi connectivity index (χ0v) is 11.0. The highest BCUT2D eigenvalue weighted by Crippen LogP contribution is 2.12. The van der Waals surface area contributed by atoms with Crippen molar-refractivity contribution in [1.29, 1.82) is 0 Å². The minimum Gasteiger partial charge on any atom is -0.369 e. The molecule has 17 heavy (non-hydrogen) atoms. The lowest BCUT2D eigenvalue weighted by atomic mass is 10.0. The topological polar surface area (TPSA) is 60.2 Å². The summed E-state index contributed by atoms with van der Waals surface area (Å²) in [6.45, 7) is 2.22. The fraction of sp³-hybridized carbons (Fsp3) is 0.857. The van der Waals surface area contributed by atoms with E-state index in [-0.39, 0.29) is 0 Å². The zero-order chi connectivity index (χ0) is 12.9. The van der Waals surface area contributed by atoms with E-state index in [0.717, 1.165) is 12.8 Å². The largest absolute Gasteiger partial charge is 0.369 e. The van der Waals surface area contributed by atoms with Gasteiger partial charge in [0, 0.05) is 0 Å². The number of hydrogen-bond acceptors (Lipinski definition) is 2. The van der Waals surface area contributed by atoms with Gasteiger partial charge in [-0.05, 0) is 6.42 Å². The quantitative estimate of drug-likeness (QED) is 0.421. The van der Waals surface area contributed by atoms with Crippen molar-refractivity contribution in [3.8, 4) is 0 Å². The Bertz CT molecular complexity index is 204. The predicted octanol–water partition coefficient (Wildman–Crippen LogP) is 3.12. The molecule has 99 valence electrons. The third-order valence-electron chi connectivity index (χ3n) is 3.08. The van der Waals surface area contributed by atoms with Crippen molar-refractivity contribution in [2.24, 2.45) is 11.7 Å². The highest BCUT2D eigenvalue weighted by Gasteiger charge is 2.13. The van der Waals surface area contributed by atoms with E-state index >= 15 is 0 Å². The normalized spacial score (nSPS) is 12.3. The van der Waals surface area contributed by atoms with Crippen LogP contribution in [0.3, 0.4) is 0 Å². The third-order valence-corrected chi connectivity index (χ3v) is 3.08. The molecule has 0 aromatic heterocycles. The third kappa shape index (κ3) is 10.0. The molecule has 0 aliphatic rings. The van der Waals surface area contributed by atoms with Crippen LogP contribution in [0.15, 0.2) is 0 Å². The van der Waals surface area contributed by atoms with E-state index in [1.54, 1.807) is 6.29 Å². The average molecular weight is 240 g/mol. The molecule has 0 fully saturated rings. The van der Waals surface area contributed by atoms with E-state index < -0.39 is 11.8 Å². The molecule has 0 aromatic carbocycles. The molecule has 0 saturated heterocycles.